The SMILES string of the molecule is CNC1CCN(C(=O)C2CC2C2CCCCC2)CC1.Cl. The zero-order chi connectivity index (χ0) is 13.2. The molecule has 4 heteroatoms. The number of nitrogens with zero attached hydrogens (tertiary/aromatic N) is 1. The van der Waals surface area contributed by atoms with Gasteiger partial charge in [0.1, 0.15) is 0 Å². The lowest BCUT2D eigenvalue weighted by molar-refractivity contribution is -0.134. The number of amides is 1. The van der Waals surface area contributed by atoms with Crippen molar-refractivity contribution in [1.82, 2.24) is 10.2 Å². The Morgan fingerprint density at radius 1 is 1.05 bits per heavy atom. The van der Waals surface area contributed by atoms with E-state index in [0.29, 0.717) is 17.9 Å². The highest BCUT2D eigenvalue weighted by atomic mass is 35.5. The zero-order valence-corrected chi connectivity index (χ0v) is 13.5. The van der Waals surface area contributed by atoms with Crippen molar-refractivity contribution < 1.29 is 4.79 Å². The molecule has 0 radical (unpaired) electrons. The van der Waals surface area contributed by atoms with Gasteiger partial charge in [0, 0.05) is 25.0 Å². The molecular formula is C16H29ClN2O. The molecule has 0 aromatic rings. The third-order valence-corrected chi connectivity index (χ3v) is 5.63. The molecule has 2 aliphatic carbocycles. The molecule has 1 heterocycles. The topological polar surface area (TPSA) is 32.3 Å². The lowest BCUT2D eigenvalue weighted by atomic mass is 9.85. The summed E-state index contributed by atoms with van der Waals surface area (Å²) in [5, 5.41) is 3.33. The molecule has 3 fully saturated rings. The summed E-state index contributed by atoms with van der Waals surface area (Å²) < 4.78 is 0. The van der Waals surface area contributed by atoms with Gasteiger partial charge in [-0.05, 0) is 38.1 Å². The summed E-state index contributed by atoms with van der Waals surface area (Å²) in [4.78, 5) is 14.7. The van der Waals surface area contributed by atoms with E-state index in [1.807, 2.05) is 7.05 Å². The lowest BCUT2D eigenvalue weighted by Crippen LogP contribution is -2.44. The third kappa shape index (κ3) is 3.48. The lowest BCUT2D eigenvalue weighted by Gasteiger charge is -2.32. The van der Waals surface area contributed by atoms with Crippen LogP contribution in [0.5, 0.6) is 0 Å². The highest BCUT2D eigenvalue weighted by Gasteiger charge is 2.48. The first-order valence-corrected chi connectivity index (χ1v) is 8.25. The second kappa shape index (κ2) is 7.13. The van der Waals surface area contributed by atoms with E-state index < -0.39 is 0 Å². The van der Waals surface area contributed by atoms with Gasteiger partial charge in [-0.2, -0.15) is 0 Å². The van der Waals surface area contributed by atoms with Crippen LogP contribution >= 0.6 is 12.4 Å². The van der Waals surface area contributed by atoms with Gasteiger partial charge in [-0.25, -0.2) is 0 Å². The van der Waals surface area contributed by atoms with Crippen molar-refractivity contribution in [3.8, 4) is 0 Å². The van der Waals surface area contributed by atoms with E-state index in [4.69, 9.17) is 0 Å². The average molecular weight is 301 g/mol. The molecule has 2 saturated carbocycles. The molecule has 0 aromatic carbocycles. The molecule has 2 atom stereocenters. The summed E-state index contributed by atoms with van der Waals surface area (Å²) >= 11 is 0. The van der Waals surface area contributed by atoms with Crippen molar-refractivity contribution in [3.63, 3.8) is 0 Å². The Labute approximate surface area is 129 Å². The Kier molecular flexibility index (Phi) is 5.74. The highest BCUT2D eigenvalue weighted by Crippen LogP contribution is 2.50. The van der Waals surface area contributed by atoms with Crippen molar-refractivity contribution in [1.29, 1.82) is 0 Å². The van der Waals surface area contributed by atoms with Gasteiger partial charge in [0.15, 0.2) is 0 Å². The first-order chi connectivity index (χ1) is 9.29. The molecule has 0 spiro atoms. The molecule has 1 aliphatic heterocycles. The van der Waals surface area contributed by atoms with Gasteiger partial charge in [-0.15, -0.1) is 12.4 Å². The number of hydrogen-bond donors (Lipinski definition) is 1. The number of carbonyl (C=O) groups is 1. The summed E-state index contributed by atoms with van der Waals surface area (Å²) in [6.45, 7) is 1.94. The van der Waals surface area contributed by atoms with E-state index in [1.165, 1.54) is 38.5 Å². The maximum atomic E-state index is 12.5. The Hall–Kier alpha value is -0.280. The van der Waals surface area contributed by atoms with E-state index in [2.05, 4.69) is 10.2 Å². The largest absolute Gasteiger partial charge is 0.342 e. The Morgan fingerprint density at radius 3 is 2.30 bits per heavy atom. The van der Waals surface area contributed by atoms with E-state index in [9.17, 15) is 4.79 Å². The molecule has 1 saturated heterocycles. The normalized spacial score (nSPS) is 31.8. The number of carbonyl (C=O) groups excluding carboxylic acids is 1. The predicted molar refractivity (Wildman–Crippen MR) is 84.1 cm³/mol. The standard InChI is InChI=1S/C16H28N2O.ClH/c1-17-13-7-9-18(10-8-13)16(19)15-11-14(15)12-5-3-2-4-6-12;/h12-15,17H,2-11H2,1H3;1H. The first-order valence-electron chi connectivity index (χ1n) is 8.25. The molecule has 3 aliphatic rings. The fourth-order valence-corrected chi connectivity index (χ4v) is 4.20. The van der Waals surface area contributed by atoms with Crippen molar-refractivity contribution in [3.05, 3.63) is 0 Å². The predicted octanol–water partition coefficient (Wildman–Crippen LogP) is 2.84. The molecule has 2 unspecified atom stereocenters. The highest BCUT2D eigenvalue weighted by molar-refractivity contribution is 5.85. The van der Waals surface area contributed by atoms with Crippen LogP contribution in [0.2, 0.25) is 0 Å². The number of likely N-dealkylation sites (tertiary alicyclic amines) is 1. The number of rotatable bonds is 3. The summed E-state index contributed by atoms with van der Waals surface area (Å²) in [6, 6.07) is 0.623. The fourth-order valence-electron chi connectivity index (χ4n) is 4.20. The molecule has 3 rings (SSSR count). The Bertz CT molecular complexity index is 322. The molecule has 1 N–H and O–H groups in total. The Balaban J connectivity index is 0.00000147. The van der Waals surface area contributed by atoms with Crippen LogP contribution in [0, 0.1) is 17.8 Å². The van der Waals surface area contributed by atoms with E-state index in [1.54, 1.807) is 0 Å². The Morgan fingerprint density at radius 2 is 1.70 bits per heavy atom. The maximum absolute atomic E-state index is 12.5. The third-order valence-electron chi connectivity index (χ3n) is 5.63. The van der Waals surface area contributed by atoms with Crippen molar-refractivity contribution in [2.45, 2.75) is 57.4 Å². The number of nitrogens with one attached hydrogen (secondary N) is 1. The van der Waals surface area contributed by atoms with Crippen LogP contribution in [0.3, 0.4) is 0 Å². The van der Waals surface area contributed by atoms with Gasteiger partial charge in [0.05, 0.1) is 0 Å². The maximum Gasteiger partial charge on any atom is 0.225 e. The van der Waals surface area contributed by atoms with Crippen LogP contribution in [0.4, 0.5) is 0 Å². The number of halogens is 1. The smallest absolute Gasteiger partial charge is 0.225 e. The minimum Gasteiger partial charge on any atom is -0.342 e. The second-order valence-electron chi connectivity index (χ2n) is 6.79. The van der Waals surface area contributed by atoms with Gasteiger partial charge in [0.25, 0.3) is 0 Å². The molecule has 0 aromatic heterocycles. The molecule has 20 heavy (non-hydrogen) atoms. The van der Waals surface area contributed by atoms with Crippen LogP contribution in [-0.2, 0) is 4.79 Å². The van der Waals surface area contributed by atoms with Gasteiger partial charge >= 0.3 is 0 Å². The summed E-state index contributed by atoms with van der Waals surface area (Å²) in [5.41, 5.74) is 0. The van der Waals surface area contributed by atoms with Crippen LogP contribution < -0.4 is 5.32 Å². The second-order valence-corrected chi connectivity index (χ2v) is 6.79. The number of hydrogen-bond acceptors (Lipinski definition) is 2. The van der Waals surface area contributed by atoms with Crippen molar-refractivity contribution in [2.24, 2.45) is 17.8 Å². The summed E-state index contributed by atoms with van der Waals surface area (Å²) in [5.74, 6) is 2.49. The van der Waals surface area contributed by atoms with Crippen LogP contribution in [0.1, 0.15) is 51.4 Å². The molecular weight excluding hydrogens is 272 g/mol. The zero-order valence-electron chi connectivity index (χ0n) is 12.6. The first kappa shape index (κ1) is 16.1. The quantitative estimate of drug-likeness (QED) is 0.869. The molecule has 1 amide bonds. The van der Waals surface area contributed by atoms with Crippen molar-refractivity contribution in [2.75, 3.05) is 20.1 Å². The minimum atomic E-state index is 0. The monoisotopic (exact) mass is 300 g/mol. The van der Waals surface area contributed by atoms with Crippen LogP contribution in [0.15, 0.2) is 0 Å². The summed E-state index contributed by atoms with van der Waals surface area (Å²) in [6.07, 6.45) is 10.4. The van der Waals surface area contributed by atoms with Gasteiger partial charge in [-0.3, -0.25) is 4.79 Å². The van der Waals surface area contributed by atoms with Gasteiger partial charge < -0.3 is 10.2 Å². The molecule has 3 nitrogen and oxygen atoms in total. The molecule has 0 bridgehead atoms. The fraction of sp³-hybridized carbons (Fsp3) is 0.938. The van der Waals surface area contributed by atoms with E-state index in [-0.39, 0.29) is 12.4 Å². The molecule has 116 valence electrons. The van der Waals surface area contributed by atoms with Crippen LogP contribution in [0.25, 0.3) is 0 Å². The van der Waals surface area contributed by atoms with Crippen LogP contribution in [-0.4, -0.2) is 37.0 Å². The minimum absolute atomic E-state index is 0. The van der Waals surface area contributed by atoms with Crippen molar-refractivity contribution >= 4 is 18.3 Å². The summed E-state index contributed by atoms with van der Waals surface area (Å²) in [7, 11) is 2.03. The van der Waals surface area contributed by atoms with E-state index in [0.717, 1.165) is 37.8 Å². The number of piperidine rings is 1. The van der Waals surface area contributed by atoms with Gasteiger partial charge in [-0.1, -0.05) is 32.1 Å². The van der Waals surface area contributed by atoms with E-state index >= 15 is 0 Å². The average Bonchev–Trinajstić information content (AvgIpc) is 3.28. The van der Waals surface area contributed by atoms with Gasteiger partial charge in [0.2, 0.25) is 5.91 Å².